The fraction of sp³-hybridized carbons (Fsp3) is 0.176. The van der Waals surface area contributed by atoms with Gasteiger partial charge in [0.1, 0.15) is 5.82 Å². The Kier molecular flexibility index (Phi) is 3.29. The Morgan fingerprint density at radius 2 is 1.90 bits per heavy atom. The van der Waals surface area contributed by atoms with Crippen LogP contribution in [0.4, 0.5) is 4.39 Å². The van der Waals surface area contributed by atoms with Crippen LogP contribution in [0.5, 0.6) is 0 Å². The number of carbonyl (C=O) groups is 1. The Balaban J connectivity index is 1.97. The van der Waals surface area contributed by atoms with E-state index in [1.54, 1.807) is 23.0 Å². The molecular weight excluding hydrogens is 267 g/mol. The highest BCUT2D eigenvalue weighted by atomic mass is 19.1. The molecule has 3 nitrogen and oxygen atoms in total. The van der Waals surface area contributed by atoms with Crippen LogP contribution in [0, 0.1) is 19.7 Å². The van der Waals surface area contributed by atoms with Gasteiger partial charge in [0, 0.05) is 0 Å². The molecule has 3 aromatic rings. The van der Waals surface area contributed by atoms with Crippen molar-refractivity contribution in [2.75, 3.05) is 0 Å². The molecule has 0 fully saturated rings. The van der Waals surface area contributed by atoms with E-state index in [2.05, 4.69) is 4.98 Å². The van der Waals surface area contributed by atoms with Crippen molar-refractivity contribution in [3.8, 4) is 0 Å². The average Bonchev–Trinajstić information content (AvgIpc) is 2.82. The smallest absolute Gasteiger partial charge is 0.185 e. The maximum absolute atomic E-state index is 13.7. The van der Waals surface area contributed by atoms with Crippen molar-refractivity contribution in [3.63, 3.8) is 0 Å². The molecular formula is C17H15FN2O. The molecule has 3 rings (SSSR count). The number of halogens is 1. The molecule has 0 amide bonds. The summed E-state index contributed by atoms with van der Waals surface area (Å²) in [6.45, 7) is 4.13. The maximum atomic E-state index is 13.7. The topological polar surface area (TPSA) is 34.9 Å². The van der Waals surface area contributed by atoms with E-state index >= 15 is 0 Å². The molecule has 0 N–H and O–H groups in total. The standard InChI is InChI=1S/C17H15FN2O/c1-11-7-15-16(8-12(11)2)20(10-19-15)9-17(21)13-5-3-4-6-14(13)18/h3-8,10H,9H2,1-2H3. The molecule has 1 aromatic heterocycles. The molecule has 0 spiro atoms. The van der Waals surface area contributed by atoms with Gasteiger partial charge in [0.15, 0.2) is 5.78 Å². The average molecular weight is 282 g/mol. The van der Waals surface area contributed by atoms with Crippen LogP contribution in [0.15, 0.2) is 42.7 Å². The summed E-state index contributed by atoms with van der Waals surface area (Å²) in [6.07, 6.45) is 1.63. The Labute approximate surface area is 122 Å². The second-order valence-electron chi connectivity index (χ2n) is 5.20. The van der Waals surface area contributed by atoms with Crippen LogP contribution in [0.25, 0.3) is 11.0 Å². The number of hydrogen-bond donors (Lipinski definition) is 0. The van der Waals surface area contributed by atoms with Gasteiger partial charge in [-0.1, -0.05) is 12.1 Å². The lowest BCUT2D eigenvalue weighted by molar-refractivity contribution is 0.0969. The molecule has 0 aliphatic heterocycles. The Bertz CT molecular complexity index is 836. The third kappa shape index (κ3) is 2.44. The summed E-state index contributed by atoms with van der Waals surface area (Å²) in [6, 6.07) is 10.0. The molecule has 4 heteroatoms. The van der Waals surface area contributed by atoms with Gasteiger partial charge >= 0.3 is 0 Å². The first-order valence-electron chi connectivity index (χ1n) is 6.76. The molecule has 2 aromatic carbocycles. The van der Waals surface area contributed by atoms with E-state index in [1.807, 2.05) is 26.0 Å². The van der Waals surface area contributed by atoms with Gasteiger partial charge in [-0.3, -0.25) is 4.79 Å². The Morgan fingerprint density at radius 3 is 2.67 bits per heavy atom. The summed E-state index contributed by atoms with van der Waals surface area (Å²) >= 11 is 0. The third-order valence-electron chi connectivity index (χ3n) is 3.72. The zero-order valence-corrected chi connectivity index (χ0v) is 11.9. The monoisotopic (exact) mass is 282 g/mol. The van der Waals surface area contributed by atoms with Gasteiger partial charge < -0.3 is 4.57 Å². The van der Waals surface area contributed by atoms with Gasteiger partial charge in [-0.2, -0.15) is 0 Å². The molecule has 21 heavy (non-hydrogen) atoms. The van der Waals surface area contributed by atoms with E-state index in [0.717, 1.165) is 22.2 Å². The number of carbonyl (C=O) groups excluding carboxylic acids is 1. The Hall–Kier alpha value is -2.49. The van der Waals surface area contributed by atoms with Crippen LogP contribution < -0.4 is 0 Å². The Morgan fingerprint density at radius 1 is 1.19 bits per heavy atom. The fourth-order valence-corrected chi connectivity index (χ4v) is 2.37. The first kappa shape index (κ1) is 13.5. The minimum absolute atomic E-state index is 0.0833. The lowest BCUT2D eigenvalue weighted by Crippen LogP contribution is -2.11. The summed E-state index contributed by atoms with van der Waals surface area (Å²) in [5, 5.41) is 0. The van der Waals surface area contributed by atoms with Crippen molar-refractivity contribution in [1.82, 2.24) is 9.55 Å². The van der Waals surface area contributed by atoms with Gasteiger partial charge in [-0.25, -0.2) is 9.37 Å². The zero-order valence-electron chi connectivity index (χ0n) is 11.9. The van der Waals surface area contributed by atoms with E-state index in [4.69, 9.17) is 0 Å². The second kappa shape index (κ2) is 5.13. The van der Waals surface area contributed by atoms with Gasteiger partial charge in [-0.05, 0) is 49.2 Å². The number of imidazole rings is 1. The predicted octanol–water partition coefficient (Wildman–Crippen LogP) is 3.68. The molecule has 1 heterocycles. The van der Waals surface area contributed by atoms with Crippen molar-refractivity contribution in [1.29, 1.82) is 0 Å². The molecule has 0 unspecified atom stereocenters. The normalized spacial score (nSPS) is 11.0. The molecule has 0 saturated heterocycles. The molecule has 0 atom stereocenters. The number of ketones is 1. The summed E-state index contributed by atoms with van der Waals surface area (Å²) in [4.78, 5) is 16.5. The van der Waals surface area contributed by atoms with Crippen molar-refractivity contribution in [2.45, 2.75) is 20.4 Å². The summed E-state index contributed by atoms with van der Waals surface area (Å²) < 4.78 is 15.4. The number of aryl methyl sites for hydroxylation is 2. The zero-order chi connectivity index (χ0) is 15.0. The summed E-state index contributed by atoms with van der Waals surface area (Å²) in [7, 11) is 0. The molecule has 106 valence electrons. The summed E-state index contributed by atoms with van der Waals surface area (Å²) in [5.74, 6) is -0.746. The number of Topliss-reactive ketones (excluding diaryl/α,β-unsaturated/α-hetero) is 1. The largest absolute Gasteiger partial charge is 0.323 e. The first-order chi connectivity index (χ1) is 10.1. The van der Waals surface area contributed by atoms with Crippen molar-refractivity contribution < 1.29 is 9.18 Å². The highest BCUT2D eigenvalue weighted by Gasteiger charge is 2.13. The lowest BCUT2D eigenvalue weighted by Gasteiger charge is -2.06. The maximum Gasteiger partial charge on any atom is 0.185 e. The molecule has 0 radical (unpaired) electrons. The van der Waals surface area contributed by atoms with E-state index in [-0.39, 0.29) is 17.9 Å². The van der Waals surface area contributed by atoms with E-state index in [0.29, 0.717) is 0 Å². The minimum Gasteiger partial charge on any atom is -0.323 e. The van der Waals surface area contributed by atoms with Gasteiger partial charge in [0.05, 0.1) is 29.5 Å². The highest BCUT2D eigenvalue weighted by molar-refractivity contribution is 5.96. The van der Waals surface area contributed by atoms with Crippen LogP contribution in [-0.2, 0) is 6.54 Å². The minimum atomic E-state index is -0.487. The predicted molar refractivity (Wildman–Crippen MR) is 79.9 cm³/mol. The van der Waals surface area contributed by atoms with Crippen LogP contribution in [0.1, 0.15) is 21.5 Å². The highest BCUT2D eigenvalue weighted by Crippen LogP contribution is 2.19. The molecule has 0 saturated carbocycles. The van der Waals surface area contributed by atoms with Gasteiger partial charge in [0.2, 0.25) is 0 Å². The van der Waals surface area contributed by atoms with E-state index in [1.165, 1.54) is 12.1 Å². The quantitative estimate of drug-likeness (QED) is 0.687. The van der Waals surface area contributed by atoms with Crippen LogP contribution in [-0.4, -0.2) is 15.3 Å². The van der Waals surface area contributed by atoms with Crippen molar-refractivity contribution in [3.05, 3.63) is 65.2 Å². The van der Waals surface area contributed by atoms with Gasteiger partial charge in [0.25, 0.3) is 0 Å². The number of nitrogens with zero attached hydrogens (tertiary/aromatic N) is 2. The van der Waals surface area contributed by atoms with Gasteiger partial charge in [-0.15, -0.1) is 0 Å². The lowest BCUT2D eigenvalue weighted by atomic mass is 10.1. The molecule has 0 aliphatic rings. The number of fused-ring (bicyclic) bond motifs is 1. The number of aromatic nitrogens is 2. The number of hydrogen-bond acceptors (Lipinski definition) is 2. The van der Waals surface area contributed by atoms with Crippen LogP contribution in [0.3, 0.4) is 0 Å². The summed E-state index contributed by atoms with van der Waals surface area (Å²) in [5.41, 5.74) is 4.15. The van der Waals surface area contributed by atoms with Crippen LogP contribution in [0.2, 0.25) is 0 Å². The number of benzene rings is 2. The second-order valence-corrected chi connectivity index (χ2v) is 5.20. The molecule has 0 bridgehead atoms. The first-order valence-corrected chi connectivity index (χ1v) is 6.76. The van der Waals surface area contributed by atoms with E-state index < -0.39 is 5.82 Å². The SMILES string of the molecule is Cc1cc2ncn(CC(=O)c3ccccc3F)c2cc1C. The van der Waals surface area contributed by atoms with Crippen molar-refractivity contribution in [2.24, 2.45) is 0 Å². The number of rotatable bonds is 3. The van der Waals surface area contributed by atoms with Crippen LogP contribution >= 0.6 is 0 Å². The molecule has 0 aliphatic carbocycles. The van der Waals surface area contributed by atoms with E-state index in [9.17, 15) is 9.18 Å². The third-order valence-corrected chi connectivity index (χ3v) is 3.72. The van der Waals surface area contributed by atoms with Crippen molar-refractivity contribution >= 4 is 16.8 Å². The fourth-order valence-electron chi connectivity index (χ4n) is 2.37.